The second kappa shape index (κ2) is 8.67. The molecule has 2 aromatic carbocycles. The largest absolute Gasteiger partial charge is 0.496 e. The highest BCUT2D eigenvalue weighted by atomic mass is 79.9. The van der Waals surface area contributed by atoms with Crippen molar-refractivity contribution in [2.45, 2.75) is 32.8 Å². The van der Waals surface area contributed by atoms with Crippen molar-refractivity contribution in [1.29, 1.82) is 0 Å². The lowest BCUT2D eigenvalue weighted by atomic mass is 9.85. The minimum absolute atomic E-state index is 0.0502. The molecule has 0 amide bonds. The van der Waals surface area contributed by atoms with Crippen molar-refractivity contribution in [3.63, 3.8) is 0 Å². The quantitative estimate of drug-likeness (QED) is 0.319. The third kappa shape index (κ3) is 5.17. The predicted octanol–water partition coefficient (Wildman–Crippen LogP) is 5.98. The minimum Gasteiger partial charge on any atom is -0.496 e. The van der Waals surface area contributed by atoms with Gasteiger partial charge in [0.15, 0.2) is 0 Å². The third-order valence-corrected chi connectivity index (χ3v) is 4.63. The summed E-state index contributed by atoms with van der Waals surface area (Å²) in [5, 5.41) is 11.0. The van der Waals surface area contributed by atoms with Gasteiger partial charge in [-0.25, -0.2) is 0 Å². The highest BCUT2D eigenvalue weighted by Crippen LogP contribution is 2.37. The fourth-order valence-corrected chi connectivity index (χ4v) is 3.33. The maximum atomic E-state index is 11.0. The van der Waals surface area contributed by atoms with Gasteiger partial charge in [-0.05, 0) is 34.7 Å². The van der Waals surface area contributed by atoms with Crippen LogP contribution >= 0.6 is 15.9 Å². The SMILES string of the molecule is COCc1cc([N+](=O)[O-])ccc1/C=C/c1cc(Br)cc(C(C)(C)C)c1OC. The van der Waals surface area contributed by atoms with Crippen LogP contribution in [0, 0.1) is 10.1 Å². The van der Waals surface area contributed by atoms with Crippen LogP contribution in [-0.4, -0.2) is 19.1 Å². The van der Waals surface area contributed by atoms with Gasteiger partial charge in [0.2, 0.25) is 0 Å². The number of hydrogen-bond donors (Lipinski definition) is 0. The van der Waals surface area contributed by atoms with Crippen molar-refractivity contribution in [2.75, 3.05) is 14.2 Å². The lowest BCUT2D eigenvalue weighted by Gasteiger charge is -2.24. The molecule has 6 heteroatoms. The van der Waals surface area contributed by atoms with Gasteiger partial charge in [-0.3, -0.25) is 10.1 Å². The number of nitrogens with zero attached hydrogens (tertiary/aromatic N) is 1. The number of nitro benzene ring substituents is 1. The summed E-state index contributed by atoms with van der Waals surface area (Å²) in [7, 11) is 3.23. The summed E-state index contributed by atoms with van der Waals surface area (Å²) in [6.07, 6.45) is 3.88. The molecule has 0 bridgehead atoms. The van der Waals surface area contributed by atoms with Crippen LogP contribution in [0.1, 0.15) is 43.0 Å². The van der Waals surface area contributed by atoms with Crippen molar-refractivity contribution in [2.24, 2.45) is 0 Å². The monoisotopic (exact) mass is 433 g/mol. The lowest BCUT2D eigenvalue weighted by molar-refractivity contribution is -0.384. The fourth-order valence-electron chi connectivity index (χ4n) is 2.85. The van der Waals surface area contributed by atoms with Crippen molar-refractivity contribution in [3.05, 3.63) is 67.2 Å². The molecule has 144 valence electrons. The van der Waals surface area contributed by atoms with E-state index in [9.17, 15) is 10.1 Å². The highest BCUT2D eigenvalue weighted by molar-refractivity contribution is 9.10. The van der Waals surface area contributed by atoms with Gasteiger partial charge in [0, 0.05) is 34.8 Å². The second-order valence-corrected chi connectivity index (χ2v) is 8.15. The normalized spacial score (nSPS) is 11.8. The van der Waals surface area contributed by atoms with Crippen LogP contribution in [0.2, 0.25) is 0 Å². The average molecular weight is 434 g/mol. The minimum atomic E-state index is -0.403. The number of ether oxygens (including phenoxy) is 2. The summed E-state index contributed by atoms with van der Waals surface area (Å²) in [6.45, 7) is 6.71. The number of non-ortho nitro benzene ring substituents is 1. The first-order valence-corrected chi connectivity index (χ1v) is 9.29. The van der Waals surface area contributed by atoms with Gasteiger partial charge in [0.25, 0.3) is 5.69 Å². The van der Waals surface area contributed by atoms with E-state index in [4.69, 9.17) is 9.47 Å². The Morgan fingerprint density at radius 3 is 2.33 bits per heavy atom. The molecule has 0 aromatic heterocycles. The fraction of sp³-hybridized carbons (Fsp3) is 0.333. The molecule has 2 aromatic rings. The molecule has 0 saturated carbocycles. The molecule has 0 radical (unpaired) electrons. The average Bonchev–Trinajstić information content (AvgIpc) is 2.59. The number of benzene rings is 2. The molecule has 0 aliphatic carbocycles. The Balaban J connectivity index is 2.52. The van der Waals surface area contributed by atoms with Crippen LogP contribution in [0.3, 0.4) is 0 Å². The Labute approximate surface area is 168 Å². The molecular weight excluding hydrogens is 410 g/mol. The molecule has 0 spiro atoms. The Bertz CT molecular complexity index is 869. The van der Waals surface area contributed by atoms with Gasteiger partial charge in [0.1, 0.15) is 5.75 Å². The van der Waals surface area contributed by atoms with Crippen LogP contribution in [0.5, 0.6) is 5.75 Å². The number of hydrogen-bond acceptors (Lipinski definition) is 4. The van der Waals surface area contributed by atoms with Crippen LogP contribution < -0.4 is 4.74 Å². The van der Waals surface area contributed by atoms with E-state index in [1.165, 1.54) is 6.07 Å². The van der Waals surface area contributed by atoms with Crippen LogP contribution in [0.25, 0.3) is 12.2 Å². The van der Waals surface area contributed by atoms with E-state index in [1.54, 1.807) is 26.4 Å². The zero-order chi connectivity index (χ0) is 20.2. The van der Waals surface area contributed by atoms with E-state index in [0.717, 1.165) is 32.5 Å². The third-order valence-electron chi connectivity index (χ3n) is 4.17. The Morgan fingerprint density at radius 1 is 1.11 bits per heavy atom. The molecule has 0 unspecified atom stereocenters. The van der Waals surface area contributed by atoms with E-state index in [1.807, 2.05) is 18.2 Å². The molecular formula is C21H24BrNO4. The molecule has 0 aliphatic heterocycles. The van der Waals surface area contributed by atoms with Crippen LogP contribution in [0.4, 0.5) is 5.69 Å². The summed E-state index contributed by atoms with van der Waals surface area (Å²) in [5.41, 5.74) is 3.62. The summed E-state index contributed by atoms with van der Waals surface area (Å²) in [4.78, 5) is 10.6. The molecule has 27 heavy (non-hydrogen) atoms. The summed E-state index contributed by atoms with van der Waals surface area (Å²) >= 11 is 3.58. The number of halogens is 1. The molecule has 0 N–H and O–H groups in total. The lowest BCUT2D eigenvalue weighted by Crippen LogP contribution is -2.13. The van der Waals surface area contributed by atoms with Gasteiger partial charge in [-0.1, -0.05) is 48.9 Å². The molecule has 0 fully saturated rings. The number of methoxy groups -OCH3 is 2. The molecule has 0 atom stereocenters. The van der Waals surface area contributed by atoms with Gasteiger partial charge >= 0.3 is 0 Å². The first kappa shape index (κ1) is 21.1. The molecule has 5 nitrogen and oxygen atoms in total. The molecule has 0 aliphatic rings. The predicted molar refractivity (Wildman–Crippen MR) is 112 cm³/mol. The zero-order valence-electron chi connectivity index (χ0n) is 16.2. The first-order valence-electron chi connectivity index (χ1n) is 8.49. The topological polar surface area (TPSA) is 61.6 Å². The van der Waals surface area contributed by atoms with E-state index >= 15 is 0 Å². The summed E-state index contributed by atoms with van der Waals surface area (Å²) < 4.78 is 11.8. The van der Waals surface area contributed by atoms with Gasteiger partial charge in [-0.2, -0.15) is 0 Å². The van der Waals surface area contributed by atoms with E-state index in [-0.39, 0.29) is 11.1 Å². The first-order chi connectivity index (χ1) is 12.7. The molecule has 0 heterocycles. The molecule has 0 saturated heterocycles. The van der Waals surface area contributed by atoms with Gasteiger partial charge < -0.3 is 9.47 Å². The Morgan fingerprint density at radius 2 is 1.78 bits per heavy atom. The van der Waals surface area contributed by atoms with Crippen molar-refractivity contribution < 1.29 is 14.4 Å². The summed E-state index contributed by atoms with van der Waals surface area (Å²) in [5.74, 6) is 0.817. The van der Waals surface area contributed by atoms with Gasteiger partial charge in [0.05, 0.1) is 18.6 Å². The maximum Gasteiger partial charge on any atom is 0.269 e. The van der Waals surface area contributed by atoms with Crippen molar-refractivity contribution >= 4 is 33.8 Å². The van der Waals surface area contributed by atoms with Crippen LogP contribution in [0.15, 0.2) is 34.8 Å². The van der Waals surface area contributed by atoms with Gasteiger partial charge in [-0.15, -0.1) is 0 Å². The summed E-state index contributed by atoms with van der Waals surface area (Å²) in [6, 6.07) is 8.84. The van der Waals surface area contributed by atoms with E-state index in [0.29, 0.717) is 6.61 Å². The van der Waals surface area contributed by atoms with Crippen molar-refractivity contribution in [3.8, 4) is 5.75 Å². The maximum absolute atomic E-state index is 11.0. The standard InChI is InChI=1S/C21H24BrNO4/c1-21(2,3)19-12-17(22)10-15(20(19)27-5)7-6-14-8-9-18(23(24)25)11-16(14)13-26-4/h6-12H,13H2,1-5H3/b7-6+. The Hall–Kier alpha value is -2.18. The van der Waals surface area contributed by atoms with Crippen molar-refractivity contribution in [1.82, 2.24) is 0 Å². The zero-order valence-corrected chi connectivity index (χ0v) is 17.8. The Kier molecular flexibility index (Phi) is 6.78. The smallest absolute Gasteiger partial charge is 0.269 e. The molecule has 2 rings (SSSR count). The van der Waals surface area contributed by atoms with E-state index in [2.05, 4.69) is 42.8 Å². The van der Waals surface area contributed by atoms with Crippen LogP contribution in [-0.2, 0) is 16.8 Å². The number of nitro groups is 1. The highest BCUT2D eigenvalue weighted by Gasteiger charge is 2.21. The number of rotatable bonds is 6. The second-order valence-electron chi connectivity index (χ2n) is 7.23. The van der Waals surface area contributed by atoms with E-state index < -0.39 is 4.92 Å².